The Hall–Kier alpha value is -2.43. The van der Waals surface area contributed by atoms with Crippen LogP contribution in [0.15, 0.2) is 36.4 Å². The Labute approximate surface area is 149 Å². The van der Waals surface area contributed by atoms with Crippen molar-refractivity contribution >= 4 is 11.7 Å². The lowest BCUT2D eigenvalue weighted by Gasteiger charge is -2.21. The van der Waals surface area contributed by atoms with E-state index in [-0.39, 0.29) is 11.9 Å². The van der Waals surface area contributed by atoms with Crippen LogP contribution >= 0.6 is 0 Å². The zero-order valence-corrected chi connectivity index (χ0v) is 15.0. The zero-order chi connectivity index (χ0) is 17.6. The number of carbonyl (C=O) groups excluding carboxylic acids is 1. The molecule has 2 aromatic rings. The molecule has 132 valence electrons. The number of aryl methyl sites for hydroxylation is 1. The molecular formula is C20H26N4O. The Kier molecular flexibility index (Phi) is 5.64. The quantitative estimate of drug-likeness (QED) is 0.916. The zero-order valence-electron chi connectivity index (χ0n) is 15.0. The molecule has 1 unspecified atom stereocenters. The highest BCUT2D eigenvalue weighted by Crippen LogP contribution is 2.19. The minimum absolute atomic E-state index is 0.0165. The first kappa shape index (κ1) is 17.4. The number of aromatic nitrogens is 2. The van der Waals surface area contributed by atoms with Gasteiger partial charge in [0.2, 0.25) is 0 Å². The third kappa shape index (κ3) is 4.56. The van der Waals surface area contributed by atoms with Crippen molar-refractivity contribution in [3.63, 3.8) is 0 Å². The maximum atomic E-state index is 12.8. The van der Waals surface area contributed by atoms with Crippen LogP contribution in [0.5, 0.6) is 0 Å². The SMILES string of the molecule is Cc1nc(NC(C)c2ccccc2)cc(C(=O)N2CCCCCC2)n1. The van der Waals surface area contributed by atoms with Crippen molar-refractivity contribution in [2.75, 3.05) is 18.4 Å². The molecule has 0 bridgehead atoms. The van der Waals surface area contributed by atoms with Crippen LogP contribution in [-0.4, -0.2) is 33.9 Å². The Morgan fingerprint density at radius 1 is 1.08 bits per heavy atom. The highest BCUT2D eigenvalue weighted by Gasteiger charge is 2.20. The predicted octanol–water partition coefficient (Wildman–Crippen LogP) is 3.97. The summed E-state index contributed by atoms with van der Waals surface area (Å²) in [5.74, 6) is 1.33. The van der Waals surface area contributed by atoms with E-state index in [2.05, 4.69) is 34.3 Å². The molecule has 5 heteroatoms. The third-order valence-corrected chi connectivity index (χ3v) is 4.61. The van der Waals surface area contributed by atoms with Crippen molar-refractivity contribution in [3.8, 4) is 0 Å². The van der Waals surface area contributed by atoms with Crippen molar-refractivity contribution in [1.82, 2.24) is 14.9 Å². The smallest absolute Gasteiger partial charge is 0.272 e. The van der Waals surface area contributed by atoms with E-state index < -0.39 is 0 Å². The molecule has 1 fully saturated rings. The summed E-state index contributed by atoms with van der Waals surface area (Å²) in [6.45, 7) is 5.57. The minimum Gasteiger partial charge on any atom is -0.363 e. The van der Waals surface area contributed by atoms with Gasteiger partial charge in [-0.15, -0.1) is 0 Å². The Morgan fingerprint density at radius 3 is 2.44 bits per heavy atom. The molecule has 0 spiro atoms. The Balaban J connectivity index is 1.76. The summed E-state index contributed by atoms with van der Waals surface area (Å²) < 4.78 is 0. The van der Waals surface area contributed by atoms with Gasteiger partial charge in [0, 0.05) is 25.2 Å². The highest BCUT2D eigenvalue weighted by molar-refractivity contribution is 5.93. The second-order valence-corrected chi connectivity index (χ2v) is 6.67. The number of carbonyl (C=O) groups is 1. The Morgan fingerprint density at radius 2 is 1.76 bits per heavy atom. The molecule has 3 rings (SSSR count). The molecule has 1 N–H and O–H groups in total. The summed E-state index contributed by atoms with van der Waals surface area (Å²) in [6, 6.07) is 12.1. The van der Waals surface area contributed by atoms with E-state index >= 15 is 0 Å². The van der Waals surface area contributed by atoms with Gasteiger partial charge in [0.25, 0.3) is 5.91 Å². The predicted molar refractivity (Wildman–Crippen MR) is 99.6 cm³/mol. The molecule has 1 amide bonds. The first-order valence-corrected chi connectivity index (χ1v) is 9.10. The van der Waals surface area contributed by atoms with Crippen molar-refractivity contribution in [3.05, 3.63) is 53.5 Å². The third-order valence-electron chi connectivity index (χ3n) is 4.61. The van der Waals surface area contributed by atoms with Gasteiger partial charge in [-0.25, -0.2) is 9.97 Å². The van der Waals surface area contributed by atoms with Crippen molar-refractivity contribution in [2.24, 2.45) is 0 Å². The lowest BCUT2D eigenvalue weighted by Crippen LogP contribution is -2.32. The van der Waals surface area contributed by atoms with Crippen LogP contribution in [0.1, 0.15) is 60.5 Å². The van der Waals surface area contributed by atoms with Gasteiger partial charge in [0.1, 0.15) is 17.3 Å². The average molecular weight is 338 g/mol. The van der Waals surface area contributed by atoms with E-state index in [1.165, 1.54) is 18.4 Å². The molecule has 1 atom stereocenters. The van der Waals surface area contributed by atoms with Crippen molar-refractivity contribution in [2.45, 2.75) is 45.6 Å². The first-order chi connectivity index (χ1) is 12.1. The fraction of sp³-hybridized carbons (Fsp3) is 0.450. The molecule has 2 heterocycles. The fourth-order valence-corrected chi connectivity index (χ4v) is 3.23. The summed E-state index contributed by atoms with van der Waals surface area (Å²) in [4.78, 5) is 23.6. The first-order valence-electron chi connectivity index (χ1n) is 9.10. The standard InChI is InChI=1S/C20H26N4O/c1-15(17-10-6-5-7-11-17)21-19-14-18(22-16(2)23-19)20(25)24-12-8-3-4-9-13-24/h5-7,10-11,14-15H,3-4,8-9,12-13H2,1-2H3,(H,21,22,23). The molecule has 0 aliphatic carbocycles. The number of rotatable bonds is 4. The summed E-state index contributed by atoms with van der Waals surface area (Å²) in [5.41, 5.74) is 1.66. The van der Waals surface area contributed by atoms with Gasteiger partial charge >= 0.3 is 0 Å². The van der Waals surface area contributed by atoms with Crippen molar-refractivity contribution in [1.29, 1.82) is 0 Å². The van der Waals surface area contributed by atoms with Gasteiger partial charge < -0.3 is 10.2 Å². The van der Waals surface area contributed by atoms with E-state index in [4.69, 9.17) is 0 Å². The lowest BCUT2D eigenvalue weighted by molar-refractivity contribution is 0.0755. The molecule has 0 saturated carbocycles. The van der Waals surface area contributed by atoms with Crippen molar-refractivity contribution < 1.29 is 4.79 Å². The van der Waals surface area contributed by atoms with E-state index in [9.17, 15) is 4.79 Å². The van der Waals surface area contributed by atoms with Gasteiger partial charge in [0.15, 0.2) is 0 Å². The normalized spacial score (nSPS) is 16.2. The number of amides is 1. The number of hydrogen-bond donors (Lipinski definition) is 1. The number of hydrogen-bond acceptors (Lipinski definition) is 4. The summed E-state index contributed by atoms with van der Waals surface area (Å²) in [5, 5.41) is 3.39. The van der Waals surface area contributed by atoms with Crippen LogP contribution < -0.4 is 5.32 Å². The second kappa shape index (κ2) is 8.10. The Bertz CT molecular complexity index is 709. The number of nitrogens with one attached hydrogen (secondary N) is 1. The van der Waals surface area contributed by atoms with Gasteiger partial charge in [0.05, 0.1) is 0 Å². The number of benzene rings is 1. The number of anilines is 1. The van der Waals surface area contributed by atoms with Crippen LogP contribution in [0.3, 0.4) is 0 Å². The van der Waals surface area contributed by atoms with Crippen LogP contribution in [0.4, 0.5) is 5.82 Å². The van der Waals surface area contributed by atoms with Gasteiger partial charge in [-0.05, 0) is 32.3 Å². The van der Waals surface area contributed by atoms with Gasteiger partial charge in [-0.2, -0.15) is 0 Å². The summed E-state index contributed by atoms with van der Waals surface area (Å²) in [7, 11) is 0. The fourth-order valence-electron chi connectivity index (χ4n) is 3.23. The molecule has 25 heavy (non-hydrogen) atoms. The van der Waals surface area contributed by atoms with Crippen LogP contribution in [0.25, 0.3) is 0 Å². The monoisotopic (exact) mass is 338 g/mol. The molecule has 0 radical (unpaired) electrons. The summed E-state index contributed by atoms with van der Waals surface area (Å²) >= 11 is 0. The van der Waals surface area contributed by atoms with Crippen LogP contribution in [-0.2, 0) is 0 Å². The lowest BCUT2D eigenvalue weighted by atomic mass is 10.1. The molecule has 1 aliphatic heterocycles. The minimum atomic E-state index is 0.0165. The van der Waals surface area contributed by atoms with Crippen LogP contribution in [0.2, 0.25) is 0 Å². The second-order valence-electron chi connectivity index (χ2n) is 6.67. The molecule has 1 aromatic carbocycles. The molecule has 1 aromatic heterocycles. The maximum absolute atomic E-state index is 12.8. The summed E-state index contributed by atoms with van der Waals surface area (Å²) in [6.07, 6.45) is 4.56. The largest absolute Gasteiger partial charge is 0.363 e. The van der Waals surface area contributed by atoms with Gasteiger partial charge in [-0.1, -0.05) is 43.2 Å². The molecule has 1 aliphatic rings. The van der Waals surface area contributed by atoms with E-state index in [1.54, 1.807) is 6.07 Å². The van der Waals surface area contributed by atoms with E-state index in [0.29, 0.717) is 17.3 Å². The van der Waals surface area contributed by atoms with Crippen LogP contribution in [0, 0.1) is 6.92 Å². The average Bonchev–Trinajstić information content (AvgIpc) is 2.90. The van der Waals surface area contributed by atoms with Gasteiger partial charge in [-0.3, -0.25) is 4.79 Å². The number of likely N-dealkylation sites (tertiary alicyclic amines) is 1. The van der Waals surface area contributed by atoms with E-state index in [0.717, 1.165) is 25.9 Å². The van der Waals surface area contributed by atoms with E-state index in [1.807, 2.05) is 30.0 Å². The molecular weight excluding hydrogens is 312 g/mol. The molecule has 1 saturated heterocycles. The topological polar surface area (TPSA) is 58.1 Å². The highest BCUT2D eigenvalue weighted by atomic mass is 16.2. The number of nitrogens with zero attached hydrogens (tertiary/aromatic N) is 3. The molecule has 5 nitrogen and oxygen atoms in total. The maximum Gasteiger partial charge on any atom is 0.272 e.